The molecule has 1 amide bonds. The molecule has 1 aliphatic heterocycles. The van der Waals surface area contributed by atoms with Crippen LogP contribution >= 0.6 is 0 Å². The maximum absolute atomic E-state index is 14.3. The van der Waals surface area contributed by atoms with Gasteiger partial charge in [-0.2, -0.15) is 9.61 Å². The van der Waals surface area contributed by atoms with Crippen molar-refractivity contribution in [3.05, 3.63) is 66.6 Å². The number of carboxylic acid groups (broad SMARTS) is 1. The highest BCUT2D eigenvalue weighted by Gasteiger charge is 2.29. The lowest BCUT2D eigenvalue weighted by Crippen LogP contribution is -2.51. The predicted molar refractivity (Wildman–Crippen MR) is 127 cm³/mol. The van der Waals surface area contributed by atoms with Crippen molar-refractivity contribution in [1.29, 1.82) is 0 Å². The van der Waals surface area contributed by atoms with Gasteiger partial charge in [0.15, 0.2) is 0 Å². The van der Waals surface area contributed by atoms with E-state index in [1.54, 1.807) is 30.7 Å². The number of aromatic nitrogens is 4. The molecule has 3 N–H and O–H groups in total. The normalized spacial score (nSPS) is 18.0. The van der Waals surface area contributed by atoms with Crippen LogP contribution in [0.3, 0.4) is 0 Å². The lowest BCUT2D eigenvalue weighted by atomic mass is 9.93. The van der Waals surface area contributed by atoms with Crippen molar-refractivity contribution in [3.63, 3.8) is 0 Å². The summed E-state index contributed by atoms with van der Waals surface area (Å²) >= 11 is 0. The Balaban J connectivity index is 1.47. The smallest absolute Gasteiger partial charge is 0.404 e. The van der Waals surface area contributed by atoms with E-state index >= 15 is 0 Å². The molecule has 5 rings (SSSR count). The van der Waals surface area contributed by atoms with Crippen LogP contribution in [0.5, 0.6) is 0 Å². The van der Waals surface area contributed by atoms with Gasteiger partial charge in [0.05, 0.1) is 46.6 Å². The topological polar surface area (TPSA) is 108 Å². The summed E-state index contributed by atoms with van der Waals surface area (Å²) in [6.45, 7) is 3.28. The average Bonchev–Trinajstić information content (AvgIpc) is 3.23. The van der Waals surface area contributed by atoms with Crippen molar-refractivity contribution in [2.45, 2.75) is 19.4 Å². The molecule has 1 aliphatic rings. The number of pyridine rings is 1. The maximum Gasteiger partial charge on any atom is 0.404 e. The SMILES string of the molecule is CC1CCN(c2ccncc2Nc2ncc3ccc(-c4c(F)cccc4F)nn23)CC1NC(=O)O. The van der Waals surface area contributed by atoms with Crippen molar-refractivity contribution in [3.8, 4) is 11.3 Å². The van der Waals surface area contributed by atoms with E-state index in [0.29, 0.717) is 23.7 Å². The molecule has 2 atom stereocenters. The van der Waals surface area contributed by atoms with Crippen LogP contribution < -0.4 is 15.5 Å². The minimum atomic E-state index is -1.05. The van der Waals surface area contributed by atoms with Crippen LogP contribution in [0.25, 0.3) is 16.8 Å². The number of anilines is 3. The Labute approximate surface area is 199 Å². The van der Waals surface area contributed by atoms with Gasteiger partial charge in [-0.25, -0.2) is 18.6 Å². The first-order chi connectivity index (χ1) is 16.9. The molecule has 1 saturated heterocycles. The van der Waals surface area contributed by atoms with Crippen LogP contribution in [0.2, 0.25) is 0 Å². The summed E-state index contributed by atoms with van der Waals surface area (Å²) in [6.07, 6.45) is 4.68. The first-order valence-electron chi connectivity index (χ1n) is 11.2. The Morgan fingerprint density at radius 1 is 1.14 bits per heavy atom. The molecule has 3 aromatic heterocycles. The van der Waals surface area contributed by atoms with Gasteiger partial charge in [-0.15, -0.1) is 0 Å². The molecule has 4 aromatic rings. The lowest BCUT2D eigenvalue weighted by Gasteiger charge is -2.38. The number of nitrogens with one attached hydrogen (secondary N) is 2. The molecule has 0 bridgehead atoms. The summed E-state index contributed by atoms with van der Waals surface area (Å²) in [5.41, 5.74) is 2.03. The van der Waals surface area contributed by atoms with Crippen molar-refractivity contribution in [2.75, 3.05) is 23.3 Å². The highest BCUT2D eigenvalue weighted by atomic mass is 19.1. The third-order valence-electron chi connectivity index (χ3n) is 6.26. The number of nitrogens with zero attached hydrogens (tertiary/aromatic N) is 5. The van der Waals surface area contributed by atoms with Gasteiger partial charge in [-0.05, 0) is 42.7 Å². The van der Waals surface area contributed by atoms with Gasteiger partial charge >= 0.3 is 6.09 Å². The summed E-state index contributed by atoms with van der Waals surface area (Å²) in [5.74, 6) is -0.855. The summed E-state index contributed by atoms with van der Waals surface area (Å²) in [5, 5.41) is 19.4. The molecule has 35 heavy (non-hydrogen) atoms. The number of amides is 1. The number of carbonyl (C=O) groups is 1. The van der Waals surface area contributed by atoms with Crippen LogP contribution in [-0.4, -0.2) is 49.9 Å². The molecular formula is C24H23F2N7O2. The number of piperidine rings is 1. The number of halogens is 2. The van der Waals surface area contributed by atoms with Gasteiger partial charge < -0.3 is 20.6 Å². The summed E-state index contributed by atoms with van der Waals surface area (Å²) in [6, 6.07) is 8.54. The number of hydrogen-bond acceptors (Lipinski definition) is 6. The number of imidazole rings is 1. The Morgan fingerprint density at radius 3 is 2.71 bits per heavy atom. The fourth-order valence-electron chi connectivity index (χ4n) is 4.36. The van der Waals surface area contributed by atoms with Crippen LogP contribution in [0, 0.1) is 17.6 Å². The third kappa shape index (κ3) is 4.44. The third-order valence-corrected chi connectivity index (χ3v) is 6.26. The summed E-state index contributed by atoms with van der Waals surface area (Å²) in [7, 11) is 0. The molecule has 1 aromatic carbocycles. The van der Waals surface area contributed by atoms with Crippen LogP contribution in [-0.2, 0) is 0 Å². The van der Waals surface area contributed by atoms with Gasteiger partial charge in [0.25, 0.3) is 0 Å². The van der Waals surface area contributed by atoms with Crippen molar-refractivity contribution < 1.29 is 18.7 Å². The van der Waals surface area contributed by atoms with Gasteiger partial charge in [-0.3, -0.25) is 4.98 Å². The summed E-state index contributed by atoms with van der Waals surface area (Å²) < 4.78 is 30.1. The molecule has 0 saturated carbocycles. The fourth-order valence-corrected chi connectivity index (χ4v) is 4.36. The number of fused-ring (bicyclic) bond motifs is 1. The second kappa shape index (κ2) is 9.16. The molecule has 0 spiro atoms. The largest absolute Gasteiger partial charge is 0.465 e. The van der Waals surface area contributed by atoms with E-state index < -0.39 is 17.7 Å². The standard InChI is InChI=1S/C24H23F2N7O2/c1-14-8-10-32(13-20(14)30-24(34)35)21-7-9-27-12-19(21)29-23-28-11-15-5-6-18(31-33(15)23)22-16(25)3-2-4-17(22)26/h2-7,9,11-12,14,20,30H,8,10,13H2,1H3,(H,28,29)(H,34,35). The quantitative estimate of drug-likeness (QED) is 0.392. The van der Waals surface area contributed by atoms with Crippen LogP contribution in [0.1, 0.15) is 13.3 Å². The molecule has 180 valence electrons. The van der Waals surface area contributed by atoms with E-state index in [1.165, 1.54) is 22.7 Å². The maximum atomic E-state index is 14.3. The highest BCUT2D eigenvalue weighted by Crippen LogP contribution is 2.32. The second-order valence-corrected chi connectivity index (χ2v) is 8.52. The van der Waals surface area contributed by atoms with Gasteiger partial charge in [0, 0.05) is 19.3 Å². The zero-order valence-corrected chi connectivity index (χ0v) is 18.8. The van der Waals surface area contributed by atoms with Gasteiger partial charge in [0.2, 0.25) is 5.95 Å². The number of rotatable bonds is 5. The first-order valence-corrected chi connectivity index (χ1v) is 11.2. The minimum Gasteiger partial charge on any atom is -0.465 e. The van der Waals surface area contributed by atoms with Crippen LogP contribution in [0.4, 0.5) is 30.9 Å². The Hall–Kier alpha value is -4.28. The zero-order chi connectivity index (χ0) is 24.5. The highest BCUT2D eigenvalue weighted by molar-refractivity contribution is 5.74. The Morgan fingerprint density at radius 2 is 1.94 bits per heavy atom. The number of benzene rings is 1. The molecule has 1 fully saturated rings. The fraction of sp³-hybridized carbons (Fsp3) is 0.250. The van der Waals surface area contributed by atoms with E-state index in [-0.39, 0.29) is 23.2 Å². The molecule has 0 aliphatic carbocycles. The lowest BCUT2D eigenvalue weighted by molar-refractivity contribution is 0.182. The van der Waals surface area contributed by atoms with Crippen molar-refractivity contribution >= 4 is 28.9 Å². The van der Waals surface area contributed by atoms with Gasteiger partial charge in [-0.1, -0.05) is 13.0 Å². The van der Waals surface area contributed by atoms with E-state index in [2.05, 4.69) is 30.6 Å². The minimum absolute atomic E-state index is 0.133. The molecule has 4 heterocycles. The van der Waals surface area contributed by atoms with E-state index in [1.807, 2.05) is 13.0 Å². The Kier molecular flexibility index (Phi) is 5.89. The van der Waals surface area contributed by atoms with Crippen molar-refractivity contribution in [1.82, 2.24) is 24.9 Å². The molecule has 9 nitrogen and oxygen atoms in total. The van der Waals surface area contributed by atoms with Gasteiger partial charge in [0.1, 0.15) is 11.6 Å². The predicted octanol–water partition coefficient (Wildman–Crippen LogP) is 4.30. The van der Waals surface area contributed by atoms with Crippen molar-refractivity contribution in [2.24, 2.45) is 5.92 Å². The monoisotopic (exact) mass is 479 g/mol. The average molecular weight is 479 g/mol. The van der Waals surface area contributed by atoms with E-state index in [4.69, 9.17) is 0 Å². The molecular weight excluding hydrogens is 456 g/mol. The summed E-state index contributed by atoms with van der Waals surface area (Å²) in [4.78, 5) is 21.9. The zero-order valence-electron chi connectivity index (χ0n) is 18.8. The number of hydrogen-bond donors (Lipinski definition) is 3. The Bertz CT molecular complexity index is 1370. The van der Waals surface area contributed by atoms with E-state index in [0.717, 1.165) is 18.7 Å². The molecule has 2 unspecified atom stereocenters. The second-order valence-electron chi connectivity index (χ2n) is 8.52. The first kappa shape index (κ1) is 22.5. The molecule has 11 heteroatoms. The van der Waals surface area contributed by atoms with E-state index in [9.17, 15) is 18.7 Å². The molecule has 0 radical (unpaired) electrons. The van der Waals surface area contributed by atoms with Crippen LogP contribution in [0.15, 0.2) is 55.0 Å².